The molecule has 0 saturated carbocycles. The second kappa shape index (κ2) is 13.9. The monoisotopic (exact) mass is 558 g/mol. The number of carbonyl (C=O) groups excluding carboxylic acids is 3. The molecule has 216 valence electrons. The van der Waals surface area contributed by atoms with Crippen LogP contribution in [-0.4, -0.2) is 49.4 Å². The fourth-order valence-corrected chi connectivity index (χ4v) is 4.85. The zero-order valence-electron chi connectivity index (χ0n) is 23.9. The van der Waals surface area contributed by atoms with Crippen molar-refractivity contribution in [3.8, 4) is 11.1 Å². The second-order valence-corrected chi connectivity index (χ2v) is 11.1. The Morgan fingerprint density at radius 3 is 2.05 bits per heavy atom. The minimum Gasteiger partial charge on any atom is -0.460 e. The van der Waals surface area contributed by atoms with E-state index in [4.69, 9.17) is 14.2 Å². The number of hydrogen-bond acceptors (Lipinski definition) is 7. The summed E-state index contributed by atoms with van der Waals surface area (Å²) >= 11 is 0. The lowest BCUT2D eigenvalue weighted by molar-refractivity contribution is -0.155. The number of hydrogen-bond donors (Lipinski definition) is 2. The van der Waals surface area contributed by atoms with Crippen LogP contribution >= 0.6 is 0 Å². The fourth-order valence-electron chi connectivity index (χ4n) is 4.85. The molecule has 4 rings (SSSR count). The predicted molar refractivity (Wildman–Crippen MR) is 156 cm³/mol. The smallest absolute Gasteiger partial charge is 0.407 e. The highest BCUT2D eigenvalue weighted by Gasteiger charge is 2.29. The molecule has 0 bridgehead atoms. The first-order valence-electron chi connectivity index (χ1n) is 13.9. The minimum atomic E-state index is -0.604. The number of rotatable bonds is 12. The van der Waals surface area contributed by atoms with Crippen LogP contribution in [0.5, 0.6) is 0 Å². The third-order valence-electron chi connectivity index (χ3n) is 6.69. The van der Waals surface area contributed by atoms with Crippen molar-refractivity contribution in [1.82, 2.24) is 10.6 Å². The molecular formula is C33H38N2O6. The molecule has 0 aliphatic heterocycles. The van der Waals surface area contributed by atoms with E-state index >= 15 is 0 Å². The van der Waals surface area contributed by atoms with Gasteiger partial charge in [0.25, 0.3) is 0 Å². The van der Waals surface area contributed by atoms with Gasteiger partial charge in [0.15, 0.2) is 0 Å². The lowest BCUT2D eigenvalue weighted by Crippen LogP contribution is -2.44. The quantitative estimate of drug-likeness (QED) is 0.228. The van der Waals surface area contributed by atoms with Crippen LogP contribution in [-0.2, 0) is 30.4 Å². The highest BCUT2D eigenvalue weighted by Crippen LogP contribution is 2.44. The fraction of sp³-hybridized carbons (Fsp3) is 0.364. The van der Waals surface area contributed by atoms with Crippen LogP contribution in [0.1, 0.15) is 56.2 Å². The van der Waals surface area contributed by atoms with Crippen LogP contribution in [0.4, 0.5) is 4.79 Å². The van der Waals surface area contributed by atoms with E-state index in [1.165, 1.54) is 0 Å². The van der Waals surface area contributed by atoms with Crippen molar-refractivity contribution in [2.24, 2.45) is 0 Å². The molecule has 0 aromatic heterocycles. The van der Waals surface area contributed by atoms with Gasteiger partial charge in [0.1, 0.15) is 18.8 Å². The molecule has 8 nitrogen and oxygen atoms in total. The molecule has 0 unspecified atom stereocenters. The van der Waals surface area contributed by atoms with Gasteiger partial charge in [-0.3, -0.25) is 9.59 Å². The molecule has 3 aromatic carbocycles. The Kier molecular flexibility index (Phi) is 10.1. The number of benzene rings is 3. The lowest BCUT2D eigenvalue weighted by Gasteiger charge is -2.22. The Morgan fingerprint density at radius 2 is 1.41 bits per heavy atom. The van der Waals surface area contributed by atoms with Gasteiger partial charge in [0.05, 0.1) is 6.54 Å². The minimum absolute atomic E-state index is 0.0395. The molecule has 1 amide bonds. The van der Waals surface area contributed by atoms with E-state index in [1.807, 2.05) is 54.6 Å². The molecule has 0 radical (unpaired) electrons. The summed E-state index contributed by atoms with van der Waals surface area (Å²) in [7, 11) is 0. The molecule has 0 heterocycles. The zero-order valence-corrected chi connectivity index (χ0v) is 23.9. The molecular weight excluding hydrogens is 520 g/mol. The number of fused-ring (bicyclic) bond motifs is 3. The summed E-state index contributed by atoms with van der Waals surface area (Å²) in [4.78, 5) is 37.4. The second-order valence-electron chi connectivity index (χ2n) is 11.1. The highest BCUT2D eigenvalue weighted by molar-refractivity contribution is 5.79. The molecule has 41 heavy (non-hydrogen) atoms. The zero-order chi connectivity index (χ0) is 29.2. The SMILES string of the molecule is CC(C)(C)OC(=O)CC[C@@H](CNCC(=O)OCc1ccccc1)NC(=O)OCC1c2ccccc2-c2ccccc21. The van der Waals surface area contributed by atoms with Gasteiger partial charge in [-0.25, -0.2) is 4.79 Å². The van der Waals surface area contributed by atoms with E-state index in [0.717, 1.165) is 27.8 Å². The van der Waals surface area contributed by atoms with E-state index in [9.17, 15) is 14.4 Å². The molecule has 0 saturated heterocycles. The number of nitrogens with one attached hydrogen (secondary N) is 2. The van der Waals surface area contributed by atoms with Crippen molar-refractivity contribution in [2.75, 3.05) is 19.7 Å². The third-order valence-corrected chi connectivity index (χ3v) is 6.69. The highest BCUT2D eigenvalue weighted by atomic mass is 16.6. The van der Waals surface area contributed by atoms with Gasteiger partial charge in [-0.05, 0) is 55.0 Å². The van der Waals surface area contributed by atoms with Crippen LogP contribution in [0.25, 0.3) is 11.1 Å². The van der Waals surface area contributed by atoms with Gasteiger partial charge in [-0.15, -0.1) is 0 Å². The van der Waals surface area contributed by atoms with Crippen LogP contribution in [0.2, 0.25) is 0 Å². The van der Waals surface area contributed by atoms with E-state index in [2.05, 4.69) is 34.9 Å². The van der Waals surface area contributed by atoms with E-state index in [0.29, 0.717) is 6.42 Å². The molecule has 1 atom stereocenters. The number of ether oxygens (including phenoxy) is 3. The topological polar surface area (TPSA) is 103 Å². The summed E-state index contributed by atoms with van der Waals surface area (Å²) in [5.41, 5.74) is 4.84. The maximum Gasteiger partial charge on any atom is 0.407 e. The Morgan fingerprint density at radius 1 is 0.805 bits per heavy atom. The lowest BCUT2D eigenvalue weighted by atomic mass is 9.98. The summed E-state index contributed by atoms with van der Waals surface area (Å²) in [6.07, 6.45) is -0.175. The molecule has 3 aromatic rings. The summed E-state index contributed by atoms with van der Waals surface area (Å²) < 4.78 is 16.4. The summed E-state index contributed by atoms with van der Waals surface area (Å²) in [6, 6.07) is 25.2. The van der Waals surface area contributed by atoms with Crippen molar-refractivity contribution in [2.45, 2.75) is 57.8 Å². The Balaban J connectivity index is 1.31. The number of esters is 2. The Labute approximate surface area is 241 Å². The van der Waals surface area contributed by atoms with Gasteiger partial charge in [0, 0.05) is 24.9 Å². The predicted octanol–water partition coefficient (Wildman–Crippen LogP) is 5.35. The van der Waals surface area contributed by atoms with Crippen molar-refractivity contribution in [3.05, 3.63) is 95.6 Å². The van der Waals surface area contributed by atoms with E-state index in [1.54, 1.807) is 20.8 Å². The summed E-state index contributed by atoms with van der Waals surface area (Å²) in [5, 5.41) is 5.88. The normalized spacial score (nSPS) is 13.0. The summed E-state index contributed by atoms with van der Waals surface area (Å²) in [5.74, 6) is -0.842. The van der Waals surface area contributed by atoms with Crippen LogP contribution < -0.4 is 10.6 Å². The molecule has 2 N–H and O–H groups in total. The van der Waals surface area contributed by atoms with Crippen LogP contribution in [0.3, 0.4) is 0 Å². The largest absolute Gasteiger partial charge is 0.460 e. The van der Waals surface area contributed by atoms with Gasteiger partial charge in [0.2, 0.25) is 0 Å². The van der Waals surface area contributed by atoms with Crippen molar-refractivity contribution < 1.29 is 28.6 Å². The third kappa shape index (κ3) is 8.91. The molecule has 0 fully saturated rings. The average molecular weight is 559 g/mol. The number of carbonyl (C=O) groups is 3. The van der Waals surface area contributed by atoms with Gasteiger partial charge < -0.3 is 24.8 Å². The number of alkyl carbamates (subject to hydrolysis) is 1. The first-order valence-corrected chi connectivity index (χ1v) is 13.9. The number of amides is 1. The van der Waals surface area contributed by atoms with Gasteiger partial charge in [-0.1, -0.05) is 78.9 Å². The van der Waals surface area contributed by atoms with E-state index in [-0.39, 0.29) is 44.6 Å². The Bertz CT molecular complexity index is 1290. The first kappa shape index (κ1) is 29.8. The maximum absolute atomic E-state index is 12.9. The van der Waals surface area contributed by atoms with Gasteiger partial charge in [-0.2, -0.15) is 0 Å². The van der Waals surface area contributed by atoms with Crippen LogP contribution in [0, 0.1) is 0 Å². The van der Waals surface area contributed by atoms with Crippen molar-refractivity contribution >= 4 is 18.0 Å². The molecule has 8 heteroatoms. The van der Waals surface area contributed by atoms with Crippen LogP contribution in [0.15, 0.2) is 78.9 Å². The van der Waals surface area contributed by atoms with Crippen molar-refractivity contribution in [3.63, 3.8) is 0 Å². The molecule has 1 aliphatic rings. The summed E-state index contributed by atoms with van der Waals surface area (Å²) in [6.45, 7) is 5.98. The van der Waals surface area contributed by atoms with Crippen molar-refractivity contribution in [1.29, 1.82) is 0 Å². The first-order chi connectivity index (χ1) is 19.7. The molecule has 1 aliphatic carbocycles. The average Bonchev–Trinajstić information content (AvgIpc) is 3.27. The Hall–Kier alpha value is -4.17. The van der Waals surface area contributed by atoms with E-state index < -0.39 is 23.7 Å². The standard InChI is InChI=1S/C33H38N2O6/c1-33(2,3)41-30(36)18-17-24(19-34-20-31(37)39-21-23-11-5-4-6-12-23)35-32(38)40-22-29-27-15-9-7-13-25(27)26-14-8-10-16-28(26)29/h4-16,24,29,34H,17-22H2,1-3H3,(H,35,38)/t24-/m0/s1. The molecule has 0 spiro atoms. The van der Waals surface area contributed by atoms with Gasteiger partial charge >= 0.3 is 18.0 Å². The maximum atomic E-state index is 12.9.